The molecular weight excluding hydrogens is 266 g/mol. The summed E-state index contributed by atoms with van der Waals surface area (Å²) in [5.74, 6) is 0. The summed E-state index contributed by atoms with van der Waals surface area (Å²) in [4.78, 5) is 4.47. The van der Waals surface area contributed by atoms with Crippen molar-refractivity contribution in [2.45, 2.75) is 47.0 Å². The Bertz CT molecular complexity index is 535. The van der Waals surface area contributed by atoms with Crippen LogP contribution in [-0.4, -0.2) is 4.98 Å². The Labute approximate surface area is 128 Å². The van der Waals surface area contributed by atoms with Crippen molar-refractivity contribution in [2.24, 2.45) is 0 Å². The number of fused-ring (bicyclic) bond motifs is 2. The van der Waals surface area contributed by atoms with Crippen LogP contribution in [0.5, 0.6) is 0 Å². The van der Waals surface area contributed by atoms with Crippen molar-refractivity contribution in [1.29, 1.82) is 0 Å². The van der Waals surface area contributed by atoms with Crippen LogP contribution >= 0.6 is 11.6 Å². The molecule has 1 aromatic heterocycles. The maximum Gasteiger partial charge on any atom is 0.0479 e. The number of halogens is 1. The van der Waals surface area contributed by atoms with E-state index in [2.05, 4.69) is 23.2 Å². The summed E-state index contributed by atoms with van der Waals surface area (Å²) in [7, 11) is 0. The fourth-order valence-corrected chi connectivity index (χ4v) is 2.50. The third kappa shape index (κ3) is 4.08. The zero-order valence-electron chi connectivity index (χ0n) is 12.9. The van der Waals surface area contributed by atoms with Crippen molar-refractivity contribution in [2.75, 3.05) is 0 Å². The van der Waals surface area contributed by atoms with E-state index in [9.17, 15) is 0 Å². The fraction of sp³-hybridized carbons (Fsp3) is 0.389. The molecule has 0 amide bonds. The van der Waals surface area contributed by atoms with Crippen LogP contribution in [0.2, 0.25) is 5.02 Å². The summed E-state index contributed by atoms with van der Waals surface area (Å²) in [6.07, 6.45) is 4.94. The van der Waals surface area contributed by atoms with Gasteiger partial charge in [0.05, 0.1) is 0 Å². The molecule has 3 rings (SSSR count). The van der Waals surface area contributed by atoms with E-state index in [-0.39, 0.29) is 0 Å². The molecule has 0 unspecified atom stereocenters. The monoisotopic (exact) mass is 289 g/mol. The average Bonchev–Trinajstić information content (AvgIpc) is 2.70. The van der Waals surface area contributed by atoms with Crippen molar-refractivity contribution < 1.29 is 0 Å². The summed E-state index contributed by atoms with van der Waals surface area (Å²) in [5.41, 5.74) is 5.31. The third-order valence-corrected chi connectivity index (χ3v) is 3.41. The average molecular weight is 290 g/mol. The maximum absolute atomic E-state index is 6.03. The van der Waals surface area contributed by atoms with E-state index in [4.69, 9.17) is 11.6 Å². The minimum absolute atomic E-state index is 0.831. The lowest BCUT2D eigenvalue weighted by atomic mass is 10.0. The van der Waals surface area contributed by atoms with E-state index in [0.29, 0.717) is 0 Å². The van der Waals surface area contributed by atoms with Crippen LogP contribution < -0.4 is 0 Å². The summed E-state index contributed by atoms with van der Waals surface area (Å²) in [5, 5.41) is 0.831. The molecule has 108 valence electrons. The molecule has 0 N–H and O–H groups in total. The highest BCUT2D eigenvalue weighted by molar-refractivity contribution is 6.30. The van der Waals surface area contributed by atoms with Gasteiger partial charge in [0.1, 0.15) is 0 Å². The number of hydrogen-bond donors (Lipinski definition) is 0. The van der Waals surface area contributed by atoms with Gasteiger partial charge in [0, 0.05) is 23.3 Å². The number of pyridine rings is 1. The molecule has 1 heterocycles. The topological polar surface area (TPSA) is 12.9 Å². The lowest BCUT2D eigenvalue weighted by Crippen LogP contribution is -1.95. The first-order valence-electron chi connectivity index (χ1n) is 7.53. The van der Waals surface area contributed by atoms with Gasteiger partial charge in [-0.25, -0.2) is 0 Å². The second-order valence-corrected chi connectivity index (χ2v) is 4.64. The number of aromatic nitrogens is 1. The highest BCUT2D eigenvalue weighted by atomic mass is 35.5. The number of hydrogen-bond acceptors (Lipinski definition) is 1. The van der Waals surface area contributed by atoms with Crippen molar-refractivity contribution in [3.63, 3.8) is 0 Å². The van der Waals surface area contributed by atoms with E-state index in [1.807, 2.05) is 46.0 Å². The van der Waals surface area contributed by atoms with Crippen LogP contribution in [0.25, 0.3) is 0 Å². The lowest BCUT2D eigenvalue weighted by Gasteiger charge is -2.05. The summed E-state index contributed by atoms with van der Waals surface area (Å²) in [6.45, 7) is 8.00. The van der Waals surface area contributed by atoms with Crippen molar-refractivity contribution in [1.82, 2.24) is 4.98 Å². The third-order valence-electron chi connectivity index (χ3n) is 3.17. The normalized spacial score (nSPS) is 11.7. The Morgan fingerprint density at radius 2 is 1.60 bits per heavy atom. The Morgan fingerprint density at radius 3 is 2.35 bits per heavy atom. The molecule has 0 spiro atoms. The van der Waals surface area contributed by atoms with Gasteiger partial charge in [-0.2, -0.15) is 0 Å². The zero-order valence-corrected chi connectivity index (χ0v) is 13.7. The van der Waals surface area contributed by atoms with Gasteiger partial charge in [-0.15, -0.1) is 0 Å². The molecule has 1 aliphatic rings. The first-order chi connectivity index (χ1) is 9.83. The molecule has 20 heavy (non-hydrogen) atoms. The fourth-order valence-electron chi connectivity index (χ4n) is 2.31. The van der Waals surface area contributed by atoms with Crippen LogP contribution in [0.15, 0.2) is 36.5 Å². The largest absolute Gasteiger partial charge is 0.261 e. The van der Waals surface area contributed by atoms with Crippen LogP contribution in [-0.2, 0) is 19.3 Å². The quantitative estimate of drug-likeness (QED) is 0.626. The van der Waals surface area contributed by atoms with Crippen molar-refractivity contribution in [3.05, 3.63) is 63.9 Å². The number of benzene rings is 1. The Kier molecular flexibility index (Phi) is 7.32. The van der Waals surface area contributed by atoms with Gasteiger partial charge in [-0.05, 0) is 47.7 Å². The summed E-state index contributed by atoms with van der Waals surface area (Å²) < 4.78 is 0. The predicted octanol–water partition coefficient (Wildman–Crippen LogP) is 5.48. The van der Waals surface area contributed by atoms with Gasteiger partial charge >= 0.3 is 0 Å². The molecule has 0 bridgehead atoms. The molecule has 2 aromatic rings. The van der Waals surface area contributed by atoms with Crippen molar-refractivity contribution in [3.8, 4) is 0 Å². The lowest BCUT2D eigenvalue weighted by molar-refractivity contribution is 0.952. The minimum atomic E-state index is 0.831. The van der Waals surface area contributed by atoms with Crippen molar-refractivity contribution >= 4 is 11.6 Å². The minimum Gasteiger partial charge on any atom is -0.261 e. The number of aryl methyl sites for hydroxylation is 2. The van der Waals surface area contributed by atoms with E-state index < -0.39 is 0 Å². The Balaban J connectivity index is 0.000000461. The molecule has 1 aliphatic carbocycles. The van der Waals surface area contributed by atoms with E-state index in [1.54, 1.807) is 0 Å². The van der Waals surface area contributed by atoms with Gasteiger partial charge in [-0.3, -0.25) is 4.98 Å². The SMILES string of the molecule is CC.CC.Clc1ccc2c(c1)CCc1cccnc1C2. The number of rotatable bonds is 0. The van der Waals surface area contributed by atoms with E-state index in [1.165, 1.54) is 22.4 Å². The van der Waals surface area contributed by atoms with Gasteiger partial charge in [-0.1, -0.05) is 51.4 Å². The molecule has 0 fully saturated rings. The first-order valence-corrected chi connectivity index (χ1v) is 7.91. The molecule has 0 aliphatic heterocycles. The molecule has 0 saturated carbocycles. The second-order valence-electron chi connectivity index (χ2n) is 4.20. The van der Waals surface area contributed by atoms with Gasteiger partial charge in [0.2, 0.25) is 0 Å². The highest BCUT2D eigenvalue weighted by Crippen LogP contribution is 2.25. The second kappa shape index (κ2) is 8.76. The molecule has 0 radical (unpaired) electrons. The molecular formula is C18H24ClN. The van der Waals surface area contributed by atoms with Crippen LogP contribution in [0, 0.1) is 0 Å². The summed E-state index contributed by atoms with van der Waals surface area (Å²) in [6, 6.07) is 10.4. The van der Waals surface area contributed by atoms with Gasteiger partial charge in [0.15, 0.2) is 0 Å². The predicted molar refractivity (Wildman–Crippen MR) is 88.6 cm³/mol. The molecule has 2 heteroatoms. The molecule has 1 nitrogen and oxygen atoms in total. The standard InChI is InChI=1S/C14H12ClN.2C2H6/c15-13-6-5-12-9-14-10(2-1-7-16-14)3-4-11(12)8-13;2*1-2/h1-2,5-8H,3-4,9H2;2*1-2H3. The zero-order chi connectivity index (χ0) is 15.0. The molecule has 0 saturated heterocycles. The van der Waals surface area contributed by atoms with E-state index in [0.717, 1.165) is 24.3 Å². The van der Waals surface area contributed by atoms with Gasteiger partial charge in [0.25, 0.3) is 0 Å². The van der Waals surface area contributed by atoms with Gasteiger partial charge < -0.3 is 0 Å². The smallest absolute Gasteiger partial charge is 0.0479 e. The Hall–Kier alpha value is -1.34. The Morgan fingerprint density at radius 1 is 0.900 bits per heavy atom. The molecule has 1 aromatic carbocycles. The number of nitrogens with zero attached hydrogens (tertiary/aromatic N) is 1. The molecule has 0 atom stereocenters. The highest BCUT2D eigenvalue weighted by Gasteiger charge is 2.13. The summed E-state index contributed by atoms with van der Waals surface area (Å²) >= 11 is 6.03. The maximum atomic E-state index is 6.03. The van der Waals surface area contributed by atoms with Crippen LogP contribution in [0.3, 0.4) is 0 Å². The van der Waals surface area contributed by atoms with Crippen LogP contribution in [0.1, 0.15) is 50.1 Å². The first kappa shape index (κ1) is 16.7. The van der Waals surface area contributed by atoms with E-state index >= 15 is 0 Å². The van der Waals surface area contributed by atoms with Crippen LogP contribution in [0.4, 0.5) is 0 Å².